The molecule has 3 nitrogen and oxygen atoms in total. The third-order valence-electron chi connectivity index (χ3n) is 0.363. The Morgan fingerprint density at radius 3 is 2.50 bits per heavy atom. The van der Waals surface area contributed by atoms with E-state index in [-0.39, 0.29) is 0 Å². The van der Waals surface area contributed by atoms with Gasteiger partial charge in [0.1, 0.15) is 0 Å². The summed E-state index contributed by atoms with van der Waals surface area (Å²) in [6, 6.07) is 0. The molecule has 0 radical (unpaired) electrons. The molecular weight excluding hydrogens is 80.0 g/mol. The first kappa shape index (κ1) is 5.30. The molecule has 0 rings (SSSR count). The van der Waals surface area contributed by atoms with Crippen LogP contribution in [-0.4, -0.2) is 6.17 Å². The van der Waals surface area contributed by atoms with Gasteiger partial charge in [-0.1, -0.05) is 6.58 Å². The molecule has 0 aliphatic rings. The molecule has 34 valence electrons. The van der Waals surface area contributed by atoms with Gasteiger partial charge in [0.15, 0.2) is 6.17 Å². The predicted molar refractivity (Wildman–Crippen MR) is 24.0 cm³/mol. The van der Waals surface area contributed by atoms with E-state index in [1.165, 1.54) is 6.08 Å². The second-order valence-corrected chi connectivity index (χ2v) is 0.832. The number of rotatable bonds is 2. The molecule has 0 aromatic heterocycles. The Morgan fingerprint density at radius 2 is 2.50 bits per heavy atom. The maximum atomic E-state index is 9.29. The monoisotopic (exact) mass is 86.0 g/mol. The Kier molecular flexibility index (Phi) is 2.24. The maximum Gasteiger partial charge on any atom is 0.158 e. The zero-order valence-corrected chi connectivity index (χ0v) is 3.29. The SMILES string of the molecule is C=CC(N)N=O. The van der Waals surface area contributed by atoms with Crippen LogP contribution in [0.15, 0.2) is 17.8 Å². The van der Waals surface area contributed by atoms with Gasteiger partial charge in [0.2, 0.25) is 0 Å². The van der Waals surface area contributed by atoms with Gasteiger partial charge in [-0.2, -0.15) is 0 Å². The fourth-order valence-electron chi connectivity index (χ4n) is 0.0430. The van der Waals surface area contributed by atoms with Gasteiger partial charge in [0, 0.05) is 0 Å². The lowest BCUT2D eigenvalue weighted by molar-refractivity contribution is 0.870. The van der Waals surface area contributed by atoms with Crippen LogP contribution in [0.4, 0.5) is 0 Å². The Bertz CT molecular complexity index is 53.8. The highest BCUT2D eigenvalue weighted by atomic mass is 16.3. The lowest BCUT2D eigenvalue weighted by Gasteiger charge is -1.83. The van der Waals surface area contributed by atoms with Crippen molar-refractivity contribution in [2.45, 2.75) is 6.17 Å². The topological polar surface area (TPSA) is 55.4 Å². The van der Waals surface area contributed by atoms with Crippen molar-refractivity contribution in [1.29, 1.82) is 0 Å². The molecule has 6 heavy (non-hydrogen) atoms. The summed E-state index contributed by atoms with van der Waals surface area (Å²) in [5, 5.41) is 2.42. The molecule has 3 heteroatoms. The van der Waals surface area contributed by atoms with Crippen LogP contribution in [0, 0.1) is 4.91 Å². The average Bonchev–Trinajstić information content (AvgIpc) is 1.65. The van der Waals surface area contributed by atoms with E-state index in [2.05, 4.69) is 11.8 Å². The zero-order chi connectivity index (χ0) is 4.99. The summed E-state index contributed by atoms with van der Waals surface area (Å²) in [5.74, 6) is 0. The van der Waals surface area contributed by atoms with Gasteiger partial charge >= 0.3 is 0 Å². The average molecular weight is 86.1 g/mol. The summed E-state index contributed by atoms with van der Waals surface area (Å²) in [7, 11) is 0. The normalized spacial score (nSPS) is 12.8. The van der Waals surface area contributed by atoms with Gasteiger partial charge < -0.3 is 5.73 Å². The van der Waals surface area contributed by atoms with E-state index >= 15 is 0 Å². The molecule has 0 aliphatic heterocycles. The van der Waals surface area contributed by atoms with Crippen LogP contribution < -0.4 is 5.73 Å². The summed E-state index contributed by atoms with van der Waals surface area (Å²) in [6.45, 7) is 3.21. The minimum Gasteiger partial charge on any atom is -0.303 e. The summed E-state index contributed by atoms with van der Waals surface area (Å²) >= 11 is 0. The van der Waals surface area contributed by atoms with E-state index in [1.807, 2.05) is 0 Å². The van der Waals surface area contributed by atoms with E-state index in [9.17, 15) is 4.91 Å². The van der Waals surface area contributed by atoms with Crippen molar-refractivity contribution in [1.82, 2.24) is 0 Å². The highest BCUT2D eigenvalue weighted by molar-refractivity contribution is 4.78. The number of hydrogen-bond acceptors (Lipinski definition) is 3. The minimum absolute atomic E-state index is 0.731. The maximum absolute atomic E-state index is 9.29. The van der Waals surface area contributed by atoms with Gasteiger partial charge in [0.25, 0.3) is 0 Å². The quantitative estimate of drug-likeness (QED) is 0.386. The Morgan fingerprint density at radius 1 is 2.00 bits per heavy atom. The van der Waals surface area contributed by atoms with Gasteiger partial charge in [-0.25, -0.2) is 0 Å². The zero-order valence-electron chi connectivity index (χ0n) is 3.29. The molecule has 1 atom stereocenters. The molecule has 0 spiro atoms. The van der Waals surface area contributed by atoms with Crippen LogP contribution >= 0.6 is 0 Å². The Hall–Kier alpha value is -0.700. The van der Waals surface area contributed by atoms with Crippen LogP contribution in [0.1, 0.15) is 0 Å². The summed E-state index contributed by atoms with van der Waals surface area (Å²) in [5.41, 5.74) is 4.88. The molecule has 0 saturated carbocycles. The molecule has 2 N–H and O–H groups in total. The largest absolute Gasteiger partial charge is 0.303 e. The number of nitrogens with zero attached hydrogens (tertiary/aromatic N) is 1. The van der Waals surface area contributed by atoms with Crippen LogP contribution in [-0.2, 0) is 0 Å². The standard InChI is InChI=1S/C3H6N2O/c1-2-3(4)5-6/h2-3H,1,4H2. The molecule has 0 aliphatic carbocycles. The summed E-state index contributed by atoms with van der Waals surface area (Å²) in [6.07, 6.45) is 0.539. The molecular formula is C3H6N2O. The molecule has 0 amide bonds. The molecule has 0 bridgehead atoms. The smallest absolute Gasteiger partial charge is 0.158 e. The Labute approximate surface area is 35.8 Å². The second-order valence-electron chi connectivity index (χ2n) is 0.832. The van der Waals surface area contributed by atoms with Gasteiger partial charge in [-0.05, 0) is 11.3 Å². The first-order chi connectivity index (χ1) is 2.81. The molecule has 0 aromatic carbocycles. The van der Waals surface area contributed by atoms with Crippen LogP contribution in [0.3, 0.4) is 0 Å². The molecule has 0 aromatic rings. The van der Waals surface area contributed by atoms with Gasteiger partial charge in [-0.15, -0.1) is 4.91 Å². The van der Waals surface area contributed by atoms with Crippen molar-refractivity contribution >= 4 is 0 Å². The first-order valence-electron chi connectivity index (χ1n) is 1.52. The highest BCUT2D eigenvalue weighted by Crippen LogP contribution is 1.74. The summed E-state index contributed by atoms with van der Waals surface area (Å²) < 4.78 is 0. The number of nitrogens with two attached hydrogens (primary N) is 1. The lowest BCUT2D eigenvalue weighted by atomic mass is 10.5. The fraction of sp³-hybridized carbons (Fsp3) is 0.333. The molecule has 0 fully saturated rings. The first-order valence-corrected chi connectivity index (χ1v) is 1.52. The van der Waals surface area contributed by atoms with E-state index in [4.69, 9.17) is 5.73 Å². The molecule has 0 saturated heterocycles. The fourth-order valence-corrected chi connectivity index (χ4v) is 0.0430. The highest BCUT2D eigenvalue weighted by Gasteiger charge is 1.85. The van der Waals surface area contributed by atoms with E-state index in [0.29, 0.717) is 0 Å². The third-order valence-corrected chi connectivity index (χ3v) is 0.363. The number of hydrogen-bond donors (Lipinski definition) is 1. The molecule has 0 heterocycles. The van der Waals surface area contributed by atoms with E-state index in [1.54, 1.807) is 0 Å². The van der Waals surface area contributed by atoms with Crippen molar-refractivity contribution in [3.05, 3.63) is 17.6 Å². The molecule has 1 unspecified atom stereocenters. The lowest BCUT2D eigenvalue weighted by Crippen LogP contribution is -2.10. The van der Waals surface area contributed by atoms with Crippen molar-refractivity contribution in [3.8, 4) is 0 Å². The van der Waals surface area contributed by atoms with Crippen molar-refractivity contribution in [2.24, 2.45) is 10.9 Å². The predicted octanol–water partition coefficient (Wildman–Crippen LogP) is 0.224. The van der Waals surface area contributed by atoms with E-state index < -0.39 is 6.17 Å². The minimum atomic E-state index is -0.731. The van der Waals surface area contributed by atoms with Crippen LogP contribution in [0.25, 0.3) is 0 Å². The van der Waals surface area contributed by atoms with Crippen molar-refractivity contribution < 1.29 is 0 Å². The second kappa shape index (κ2) is 2.53. The van der Waals surface area contributed by atoms with Crippen LogP contribution in [0.2, 0.25) is 0 Å². The van der Waals surface area contributed by atoms with Crippen LogP contribution in [0.5, 0.6) is 0 Å². The number of nitroso groups, excluding NO2 is 1. The summed E-state index contributed by atoms with van der Waals surface area (Å²) in [4.78, 5) is 9.29. The van der Waals surface area contributed by atoms with Crippen molar-refractivity contribution in [3.63, 3.8) is 0 Å². The van der Waals surface area contributed by atoms with Gasteiger partial charge in [0.05, 0.1) is 0 Å². The Balaban J connectivity index is 3.21. The van der Waals surface area contributed by atoms with Gasteiger partial charge in [-0.3, -0.25) is 0 Å². The van der Waals surface area contributed by atoms with Crippen molar-refractivity contribution in [2.75, 3.05) is 0 Å². The van der Waals surface area contributed by atoms with E-state index in [0.717, 1.165) is 0 Å². The third kappa shape index (κ3) is 1.60.